The molecule has 0 aliphatic heterocycles. The molecule has 96 valence electrons. The number of hydrogen-bond acceptors (Lipinski definition) is 1. The summed E-state index contributed by atoms with van der Waals surface area (Å²) in [6.07, 6.45) is 5.10. The second-order valence-electron chi connectivity index (χ2n) is 5.02. The van der Waals surface area contributed by atoms with Crippen molar-refractivity contribution in [2.45, 2.75) is 33.7 Å². The summed E-state index contributed by atoms with van der Waals surface area (Å²) in [4.78, 5) is 3.07. The molecule has 0 amide bonds. The SMILES string of the molecule is Cc1cc(C)c(CCNCc2cc[nH]c2)c(C)c1. The molecular formula is C16H22N2. The molecule has 1 aromatic heterocycles. The van der Waals surface area contributed by atoms with Crippen molar-refractivity contribution in [1.29, 1.82) is 0 Å². The molecule has 0 atom stereocenters. The van der Waals surface area contributed by atoms with Crippen molar-refractivity contribution < 1.29 is 0 Å². The first-order valence-electron chi connectivity index (χ1n) is 6.56. The highest BCUT2D eigenvalue weighted by Crippen LogP contribution is 2.16. The van der Waals surface area contributed by atoms with Crippen LogP contribution in [-0.2, 0) is 13.0 Å². The first-order chi connectivity index (χ1) is 8.66. The van der Waals surface area contributed by atoms with E-state index in [-0.39, 0.29) is 0 Å². The van der Waals surface area contributed by atoms with Crippen LogP contribution in [0.2, 0.25) is 0 Å². The molecule has 0 saturated carbocycles. The number of nitrogens with one attached hydrogen (secondary N) is 2. The zero-order valence-electron chi connectivity index (χ0n) is 11.5. The number of aryl methyl sites for hydroxylation is 3. The number of rotatable bonds is 5. The van der Waals surface area contributed by atoms with Gasteiger partial charge in [0.15, 0.2) is 0 Å². The van der Waals surface area contributed by atoms with Gasteiger partial charge >= 0.3 is 0 Å². The van der Waals surface area contributed by atoms with Gasteiger partial charge in [-0.05, 0) is 62.1 Å². The maximum atomic E-state index is 3.49. The lowest BCUT2D eigenvalue weighted by Gasteiger charge is -2.11. The molecule has 2 aromatic rings. The first kappa shape index (κ1) is 12.9. The number of hydrogen-bond donors (Lipinski definition) is 2. The van der Waals surface area contributed by atoms with Crippen molar-refractivity contribution in [1.82, 2.24) is 10.3 Å². The van der Waals surface area contributed by atoms with E-state index in [1.807, 2.05) is 12.4 Å². The van der Waals surface area contributed by atoms with E-state index in [0.29, 0.717) is 0 Å². The maximum Gasteiger partial charge on any atom is 0.0220 e. The predicted molar refractivity (Wildman–Crippen MR) is 76.9 cm³/mol. The molecular weight excluding hydrogens is 220 g/mol. The average Bonchev–Trinajstić information content (AvgIpc) is 2.79. The van der Waals surface area contributed by atoms with Gasteiger partial charge in [0.05, 0.1) is 0 Å². The summed E-state index contributed by atoms with van der Waals surface area (Å²) in [5.41, 5.74) is 6.98. The summed E-state index contributed by atoms with van der Waals surface area (Å²) in [6.45, 7) is 8.54. The second kappa shape index (κ2) is 5.87. The Balaban J connectivity index is 1.87. The smallest absolute Gasteiger partial charge is 0.0220 e. The molecule has 2 nitrogen and oxygen atoms in total. The van der Waals surface area contributed by atoms with E-state index < -0.39 is 0 Å². The van der Waals surface area contributed by atoms with Crippen LogP contribution in [-0.4, -0.2) is 11.5 Å². The van der Waals surface area contributed by atoms with Crippen molar-refractivity contribution in [3.05, 3.63) is 58.4 Å². The minimum Gasteiger partial charge on any atom is -0.367 e. The summed E-state index contributed by atoms with van der Waals surface area (Å²) in [5, 5.41) is 3.49. The van der Waals surface area contributed by atoms with Crippen molar-refractivity contribution in [2.75, 3.05) is 6.54 Å². The zero-order chi connectivity index (χ0) is 13.0. The van der Waals surface area contributed by atoms with Gasteiger partial charge in [-0.1, -0.05) is 17.7 Å². The van der Waals surface area contributed by atoms with Crippen LogP contribution in [0.5, 0.6) is 0 Å². The fourth-order valence-electron chi connectivity index (χ4n) is 2.52. The quantitative estimate of drug-likeness (QED) is 0.774. The molecule has 0 unspecified atom stereocenters. The van der Waals surface area contributed by atoms with Crippen molar-refractivity contribution in [3.63, 3.8) is 0 Å². The van der Waals surface area contributed by atoms with Gasteiger partial charge < -0.3 is 10.3 Å². The van der Waals surface area contributed by atoms with Crippen molar-refractivity contribution in [3.8, 4) is 0 Å². The topological polar surface area (TPSA) is 27.8 Å². The highest BCUT2D eigenvalue weighted by atomic mass is 14.8. The van der Waals surface area contributed by atoms with Crippen LogP contribution in [0.1, 0.15) is 27.8 Å². The fourth-order valence-corrected chi connectivity index (χ4v) is 2.52. The van der Waals surface area contributed by atoms with Crippen LogP contribution in [0.25, 0.3) is 0 Å². The van der Waals surface area contributed by atoms with Gasteiger partial charge in [-0.15, -0.1) is 0 Å². The van der Waals surface area contributed by atoms with Crippen LogP contribution in [0.3, 0.4) is 0 Å². The molecule has 0 saturated heterocycles. The lowest BCUT2D eigenvalue weighted by atomic mass is 9.97. The van der Waals surface area contributed by atoms with Crippen LogP contribution in [0.4, 0.5) is 0 Å². The van der Waals surface area contributed by atoms with Gasteiger partial charge in [-0.2, -0.15) is 0 Å². The second-order valence-corrected chi connectivity index (χ2v) is 5.02. The largest absolute Gasteiger partial charge is 0.367 e. The summed E-state index contributed by atoms with van der Waals surface area (Å²) < 4.78 is 0. The molecule has 0 spiro atoms. The molecule has 18 heavy (non-hydrogen) atoms. The first-order valence-corrected chi connectivity index (χ1v) is 6.56. The Morgan fingerprint density at radius 3 is 2.44 bits per heavy atom. The fraction of sp³-hybridized carbons (Fsp3) is 0.375. The van der Waals surface area contributed by atoms with E-state index in [0.717, 1.165) is 19.5 Å². The van der Waals surface area contributed by atoms with E-state index in [4.69, 9.17) is 0 Å². The Labute approximate surface area is 109 Å². The molecule has 1 aromatic carbocycles. The van der Waals surface area contributed by atoms with Gasteiger partial charge in [0.2, 0.25) is 0 Å². The van der Waals surface area contributed by atoms with E-state index >= 15 is 0 Å². The van der Waals surface area contributed by atoms with Gasteiger partial charge in [0, 0.05) is 18.9 Å². The Morgan fingerprint density at radius 2 is 1.83 bits per heavy atom. The van der Waals surface area contributed by atoms with E-state index in [2.05, 4.69) is 49.3 Å². The third-order valence-electron chi connectivity index (χ3n) is 3.38. The van der Waals surface area contributed by atoms with E-state index in [1.165, 1.54) is 27.8 Å². The molecule has 0 bridgehead atoms. The minimum atomic E-state index is 0.938. The van der Waals surface area contributed by atoms with Crippen LogP contribution >= 0.6 is 0 Å². The summed E-state index contributed by atoms with van der Waals surface area (Å²) >= 11 is 0. The maximum absolute atomic E-state index is 3.49. The van der Waals surface area contributed by atoms with Crippen LogP contribution < -0.4 is 5.32 Å². The normalized spacial score (nSPS) is 10.8. The van der Waals surface area contributed by atoms with Crippen molar-refractivity contribution in [2.24, 2.45) is 0 Å². The van der Waals surface area contributed by atoms with Gasteiger partial charge in [-0.25, -0.2) is 0 Å². The number of aromatic amines is 1. The zero-order valence-corrected chi connectivity index (χ0v) is 11.5. The number of aromatic nitrogens is 1. The lowest BCUT2D eigenvalue weighted by Crippen LogP contribution is -2.17. The Hall–Kier alpha value is -1.54. The summed E-state index contributed by atoms with van der Waals surface area (Å²) in [7, 11) is 0. The Kier molecular flexibility index (Phi) is 4.21. The molecule has 0 aliphatic rings. The standard InChI is InChI=1S/C16H22N2/c1-12-8-13(2)16(14(3)9-12)5-7-18-11-15-4-6-17-10-15/h4,6,8-10,17-18H,5,7,11H2,1-3H3. The molecule has 0 radical (unpaired) electrons. The number of H-pyrrole nitrogens is 1. The highest BCUT2D eigenvalue weighted by Gasteiger charge is 2.03. The van der Waals surface area contributed by atoms with Gasteiger partial charge in [0.25, 0.3) is 0 Å². The molecule has 2 rings (SSSR count). The van der Waals surface area contributed by atoms with Crippen molar-refractivity contribution >= 4 is 0 Å². The molecule has 2 heteroatoms. The summed E-state index contributed by atoms with van der Waals surface area (Å²) in [6, 6.07) is 6.65. The average molecular weight is 242 g/mol. The molecule has 0 aliphatic carbocycles. The van der Waals surface area contributed by atoms with E-state index in [9.17, 15) is 0 Å². The molecule has 0 fully saturated rings. The van der Waals surface area contributed by atoms with E-state index in [1.54, 1.807) is 0 Å². The predicted octanol–water partition coefficient (Wildman–Crippen LogP) is 3.27. The van der Waals surface area contributed by atoms with Gasteiger partial charge in [0.1, 0.15) is 0 Å². The highest BCUT2D eigenvalue weighted by molar-refractivity contribution is 5.37. The minimum absolute atomic E-state index is 0.938. The third-order valence-corrected chi connectivity index (χ3v) is 3.38. The molecule has 1 heterocycles. The Morgan fingerprint density at radius 1 is 1.11 bits per heavy atom. The lowest BCUT2D eigenvalue weighted by molar-refractivity contribution is 0.684. The van der Waals surface area contributed by atoms with Gasteiger partial charge in [-0.3, -0.25) is 0 Å². The van der Waals surface area contributed by atoms with Crippen LogP contribution in [0.15, 0.2) is 30.6 Å². The van der Waals surface area contributed by atoms with Crippen LogP contribution in [0, 0.1) is 20.8 Å². The summed E-state index contributed by atoms with van der Waals surface area (Å²) in [5.74, 6) is 0. The molecule has 2 N–H and O–H groups in total. The Bertz CT molecular complexity index is 475. The monoisotopic (exact) mass is 242 g/mol. The number of benzene rings is 1. The third kappa shape index (κ3) is 3.23.